The van der Waals surface area contributed by atoms with Crippen molar-refractivity contribution in [3.63, 3.8) is 0 Å². The molecule has 2 rings (SSSR count). The van der Waals surface area contributed by atoms with E-state index in [0.29, 0.717) is 6.54 Å². The van der Waals surface area contributed by atoms with Crippen molar-refractivity contribution in [1.29, 1.82) is 0 Å². The van der Waals surface area contributed by atoms with Crippen LogP contribution in [0, 0.1) is 6.92 Å². The molecule has 18 heavy (non-hydrogen) atoms. The Kier molecular flexibility index (Phi) is 3.95. The van der Waals surface area contributed by atoms with E-state index in [1.54, 1.807) is 7.11 Å². The summed E-state index contributed by atoms with van der Waals surface area (Å²) >= 11 is 0. The van der Waals surface area contributed by atoms with Gasteiger partial charge in [0.2, 0.25) is 0 Å². The Morgan fingerprint density at radius 3 is 2.44 bits per heavy atom. The van der Waals surface area contributed by atoms with Crippen molar-refractivity contribution >= 4 is 0 Å². The number of benzene rings is 1. The Labute approximate surface area is 108 Å². The maximum atomic E-state index is 5.54. The second-order valence-electron chi connectivity index (χ2n) is 4.24. The minimum Gasteiger partial charge on any atom is -0.494 e. The molecule has 3 nitrogen and oxygen atoms in total. The smallest absolute Gasteiger partial charge is 0.145 e. The third-order valence-corrected chi connectivity index (χ3v) is 2.88. The summed E-state index contributed by atoms with van der Waals surface area (Å²) < 4.78 is 5.35. The molecule has 0 aliphatic carbocycles. The largest absolute Gasteiger partial charge is 0.494 e. The van der Waals surface area contributed by atoms with Gasteiger partial charge in [0.15, 0.2) is 0 Å². The minimum atomic E-state index is 0.672. The predicted octanol–water partition coefficient (Wildman–Crippen LogP) is 2.57. The zero-order valence-corrected chi connectivity index (χ0v) is 10.8. The summed E-state index contributed by atoms with van der Waals surface area (Å²) in [6, 6.07) is 12.2. The lowest BCUT2D eigenvalue weighted by atomic mass is 10.1. The Hall–Kier alpha value is -1.87. The van der Waals surface area contributed by atoms with Crippen LogP contribution in [-0.4, -0.2) is 18.6 Å². The van der Waals surface area contributed by atoms with Crippen LogP contribution in [0.3, 0.4) is 0 Å². The van der Waals surface area contributed by atoms with Gasteiger partial charge in [0.25, 0.3) is 0 Å². The third-order valence-electron chi connectivity index (χ3n) is 2.88. The van der Waals surface area contributed by atoms with Crippen LogP contribution in [0.5, 0.6) is 5.75 Å². The van der Waals surface area contributed by atoms with Crippen LogP contribution in [0.25, 0.3) is 11.3 Å². The number of methoxy groups -OCH3 is 1. The van der Waals surface area contributed by atoms with Crippen molar-refractivity contribution in [3.05, 3.63) is 47.7 Å². The first-order valence-corrected chi connectivity index (χ1v) is 6.05. The van der Waals surface area contributed by atoms with Gasteiger partial charge in [0.1, 0.15) is 11.4 Å². The Bertz CT molecular complexity index is 521. The lowest BCUT2D eigenvalue weighted by Gasteiger charge is -2.09. The van der Waals surface area contributed by atoms with Crippen LogP contribution >= 0.6 is 0 Å². The maximum Gasteiger partial charge on any atom is 0.145 e. The Morgan fingerprint density at radius 1 is 1.11 bits per heavy atom. The van der Waals surface area contributed by atoms with Crippen molar-refractivity contribution in [3.8, 4) is 17.0 Å². The number of hydrogen-bond acceptors (Lipinski definition) is 3. The quantitative estimate of drug-likeness (QED) is 0.896. The molecule has 0 unspecified atom stereocenters. The molecule has 0 radical (unpaired) electrons. The van der Waals surface area contributed by atoms with Gasteiger partial charge in [-0.25, -0.2) is 4.98 Å². The van der Waals surface area contributed by atoms with Gasteiger partial charge in [-0.3, -0.25) is 0 Å². The summed E-state index contributed by atoms with van der Waals surface area (Å²) in [5.74, 6) is 0.798. The molecule has 1 aromatic carbocycles. The molecule has 0 aliphatic rings. The van der Waals surface area contributed by atoms with Crippen molar-refractivity contribution < 1.29 is 4.74 Å². The van der Waals surface area contributed by atoms with E-state index in [9.17, 15) is 0 Å². The molecular formula is C15H18N2O. The number of aromatic nitrogens is 1. The molecule has 1 aromatic heterocycles. The summed E-state index contributed by atoms with van der Waals surface area (Å²) in [6.45, 7) is 2.65. The molecule has 94 valence electrons. The van der Waals surface area contributed by atoms with Gasteiger partial charge in [-0.1, -0.05) is 24.3 Å². The lowest BCUT2D eigenvalue weighted by molar-refractivity contribution is 0.414. The Morgan fingerprint density at radius 2 is 1.83 bits per heavy atom. The van der Waals surface area contributed by atoms with Crippen molar-refractivity contribution in [2.75, 3.05) is 13.7 Å². The van der Waals surface area contributed by atoms with Gasteiger partial charge in [0.05, 0.1) is 7.11 Å². The number of nitrogens with two attached hydrogens (primary N) is 1. The van der Waals surface area contributed by atoms with E-state index in [1.165, 1.54) is 5.56 Å². The number of ether oxygens (including phenoxy) is 1. The lowest BCUT2D eigenvalue weighted by Crippen LogP contribution is -2.02. The number of pyridine rings is 1. The van der Waals surface area contributed by atoms with Crippen molar-refractivity contribution in [2.45, 2.75) is 13.3 Å². The molecule has 0 fully saturated rings. The summed E-state index contributed by atoms with van der Waals surface area (Å²) in [5.41, 5.74) is 9.72. The van der Waals surface area contributed by atoms with Gasteiger partial charge < -0.3 is 10.5 Å². The molecule has 0 aliphatic heterocycles. The van der Waals surface area contributed by atoms with E-state index >= 15 is 0 Å². The summed E-state index contributed by atoms with van der Waals surface area (Å²) in [5, 5.41) is 0. The molecule has 0 saturated heterocycles. The fraction of sp³-hybridized carbons (Fsp3) is 0.267. The molecular weight excluding hydrogens is 224 g/mol. The van der Waals surface area contributed by atoms with E-state index in [0.717, 1.165) is 29.1 Å². The monoisotopic (exact) mass is 242 g/mol. The molecule has 1 heterocycles. The Balaban J connectivity index is 2.38. The fourth-order valence-electron chi connectivity index (χ4n) is 1.91. The molecule has 0 bridgehead atoms. The van der Waals surface area contributed by atoms with E-state index in [1.807, 2.05) is 19.1 Å². The van der Waals surface area contributed by atoms with Crippen LogP contribution in [0.1, 0.15) is 11.3 Å². The van der Waals surface area contributed by atoms with Gasteiger partial charge in [0, 0.05) is 11.3 Å². The van der Waals surface area contributed by atoms with Crippen LogP contribution in [0.15, 0.2) is 36.4 Å². The van der Waals surface area contributed by atoms with Crippen LogP contribution in [0.2, 0.25) is 0 Å². The average Bonchev–Trinajstić information content (AvgIpc) is 2.40. The van der Waals surface area contributed by atoms with Gasteiger partial charge in [-0.05, 0) is 37.6 Å². The second kappa shape index (κ2) is 5.65. The minimum absolute atomic E-state index is 0.672. The first-order valence-electron chi connectivity index (χ1n) is 6.05. The summed E-state index contributed by atoms with van der Waals surface area (Å²) in [7, 11) is 1.67. The molecule has 0 atom stereocenters. The van der Waals surface area contributed by atoms with E-state index in [2.05, 4.69) is 29.2 Å². The fourth-order valence-corrected chi connectivity index (χ4v) is 1.91. The molecule has 3 heteroatoms. The average molecular weight is 242 g/mol. The standard InChI is InChI=1S/C15H18N2O/c1-11-3-8-14(18-2)15(17-11)13-6-4-12(5-7-13)9-10-16/h3-8H,9-10,16H2,1-2H3. The van der Waals surface area contributed by atoms with Crippen LogP contribution in [0.4, 0.5) is 0 Å². The summed E-state index contributed by atoms with van der Waals surface area (Å²) in [6.07, 6.45) is 0.901. The predicted molar refractivity (Wildman–Crippen MR) is 73.7 cm³/mol. The first-order chi connectivity index (χ1) is 8.74. The van der Waals surface area contributed by atoms with Gasteiger partial charge in [-0.15, -0.1) is 0 Å². The maximum absolute atomic E-state index is 5.54. The molecule has 2 N–H and O–H groups in total. The topological polar surface area (TPSA) is 48.1 Å². The first kappa shape index (κ1) is 12.6. The van der Waals surface area contributed by atoms with Crippen molar-refractivity contribution in [2.24, 2.45) is 5.73 Å². The molecule has 0 amide bonds. The number of nitrogens with zero attached hydrogens (tertiary/aromatic N) is 1. The normalized spacial score (nSPS) is 10.4. The highest BCUT2D eigenvalue weighted by atomic mass is 16.5. The highest BCUT2D eigenvalue weighted by Gasteiger charge is 2.07. The van der Waals surface area contributed by atoms with Gasteiger partial charge in [-0.2, -0.15) is 0 Å². The van der Waals surface area contributed by atoms with E-state index in [-0.39, 0.29) is 0 Å². The number of rotatable bonds is 4. The van der Waals surface area contributed by atoms with E-state index < -0.39 is 0 Å². The van der Waals surface area contributed by atoms with Gasteiger partial charge >= 0.3 is 0 Å². The third kappa shape index (κ3) is 2.68. The van der Waals surface area contributed by atoms with E-state index in [4.69, 9.17) is 10.5 Å². The zero-order valence-electron chi connectivity index (χ0n) is 10.8. The highest BCUT2D eigenvalue weighted by molar-refractivity contribution is 5.66. The van der Waals surface area contributed by atoms with Crippen LogP contribution in [-0.2, 0) is 6.42 Å². The van der Waals surface area contributed by atoms with Crippen molar-refractivity contribution in [1.82, 2.24) is 4.98 Å². The van der Waals surface area contributed by atoms with Crippen LogP contribution < -0.4 is 10.5 Å². The molecule has 0 spiro atoms. The highest BCUT2D eigenvalue weighted by Crippen LogP contribution is 2.28. The molecule has 0 saturated carbocycles. The number of aryl methyl sites for hydroxylation is 1. The second-order valence-corrected chi connectivity index (χ2v) is 4.24. The zero-order chi connectivity index (χ0) is 13.0. The SMILES string of the molecule is COc1ccc(C)nc1-c1ccc(CCN)cc1. The summed E-state index contributed by atoms with van der Waals surface area (Å²) in [4.78, 5) is 4.54. The molecule has 2 aromatic rings. The number of hydrogen-bond donors (Lipinski definition) is 1.